The average Bonchev–Trinajstić information content (AvgIpc) is 2.78. The molecule has 1 aromatic heterocycles. The molecule has 1 fully saturated rings. The summed E-state index contributed by atoms with van der Waals surface area (Å²) in [6, 6.07) is 1.91. The molecule has 1 aliphatic rings. The molecule has 6 nitrogen and oxygen atoms in total. The van der Waals surface area contributed by atoms with Crippen LogP contribution < -0.4 is 10.6 Å². The van der Waals surface area contributed by atoms with E-state index in [-0.39, 0.29) is 11.9 Å². The monoisotopic (exact) mass is 238 g/mol. The first kappa shape index (κ1) is 12.1. The van der Waals surface area contributed by atoms with E-state index >= 15 is 0 Å². The average molecular weight is 238 g/mol. The van der Waals surface area contributed by atoms with Crippen LogP contribution in [0.25, 0.3) is 0 Å². The molecule has 0 spiro atoms. The second-order valence-electron chi connectivity index (χ2n) is 4.03. The molecule has 1 aliphatic heterocycles. The summed E-state index contributed by atoms with van der Waals surface area (Å²) in [6.45, 7) is 4.92. The summed E-state index contributed by atoms with van der Waals surface area (Å²) in [7, 11) is 0. The maximum Gasteiger partial charge on any atom is 0.227 e. The number of morpholine rings is 1. The summed E-state index contributed by atoms with van der Waals surface area (Å²) in [6.07, 6.45) is 2.26. The Morgan fingerprint density at radius 3 is 3.29 bits per heavy atom. The van der Waals surface area contributed by atoms with Gasteiger partial charge in [-0.3, -0.25) is 9.48 Å². The number of hydrogen-bond donors (Lipinski definition) is 2. The third-order valence-corrected chi connectivity index (χ3v) is 2.66. The van der Waals surface area contributed by atoms with Crippen LogP contribution in [0.15, 0.2) is 12.3 Å². The van der Waals surface area contributed by atoms with Crippen LogP contribution >= 0.6 is 0 Å². The van der Waals surface area contributed by atoms with Crippen LogP contribution in [0.4, 0.5) is 5.82 Å². The molecule has 1 unspecified atom stereocenters. The molecule has 0 aromatic carbocycles. The number of aryl methyl sites for hydroxylation is 1. The van der Waals surface area contributed by atoms with Gasteiger partial charge >= 0.3 is 0 Å². The Kier molecular flexibility index (Phi) is 4.11. The Balaban J connectivity index is 1.79. The number of nitrogens with zero attached hydrogens (tertiary/aromatic N) is 2. The third-order valence-electron chi connectivity index (χ3n) is 2.66. The number of hydrogen-bond acceptors (Lipinski definition) is 4. The first-order valence-electron chi connectivity index (χ1n) is 5.92. The van der Waals surface area contributed by atoms with E-state index in [2.05, 4.69) is 15.7 Å². The molecule has 1 aromatic rings. The molecule has 2 N–H and O–H groups in total. The Hall–Kier alpha value is -1.40. The Morgan fingerprint density at radius 1 is 1.76 bits per heavy atom. The fourth-order valence-corrected chi connectivity index (χ4v) is 1.77. The normalized spacial score (nSPS) is 20.2. The van der Waals surface area contributed by atoms with Gasteiger partial charge in [-0.2, -0.15) is 5.10 Å². The van der Waals surface area contributed by atoms with Gasteiger partial charge in [-0.05, 0) is 6.92 Å². The lowest BCUT2D eigenvalue weighted by Crippen LogP contribution is -2.43. The second-order valence-corrected chi connectivity index (χ2v) is 4.03. The van der Waals surface area contributed by atoms with Gasteiger partial charge in [-0.25, -0.2) is 0 Å². The predicted octanol–water partition coefficient (Wildman–Crippen LogP) is 0.220. The molecule has 2 heterocycles. The number of aromatic nitrogens is 2. The van der Waals surface area contributed by atoms with Crippen LogP contribution in [0.1, 0.15) is 13.3 Å². The molecule has 0 aliphatic carbocycles. The molecule has 1 saturated heterocycles. The van der Waals surface area contributed by atoms with Crippen LogP contribution in [0.5, 0.6) is 0 Å². The zero-order valence-corrected chi connectivity index (χ0v) is 9.98. The van der Waals surface area contributed by atoms with Crippen LogP contribution in [0.2, 0.25) is 0 Å². The maximum absolute atomic E-state index is 11.7. The summed E-state index contributed by atoms with van der Waals surface area (Å²) < 4.78 is 7.07. The Bertz CT molecular complexity index is 371. The van der Waals surface area contributed by atoms with Crippen LogP contribution in [-0.2, 0) is 16.1 Å². The van der Waals surface area contributed by atoms with E-state index in [9.17, 15) is 4.79 Å². The third kappa shape index (κ3) is 3.54. The number of carbonyl (C=O) groups excluding carboxylic acids is 1. The largest absolute Gasteiger partial charge is 0.378 e. The first-order chi connectivity index (χ1) is 8.28. The van der Waals surface area contributed by atoms with E-state index in [1.807, 2.05) is 13.1 Å². The first-order valence-corrected chi connectivity index (χ1v) is 5.92. The van der Waals surface area contributed by atoms with Crippen LogP contribution in [0, 0.1) is 0 Å². The summed E-state index contributed by atoms with van der Waals surface area (Å²) >= 11 is 0. The summed E-state index contributed by atoms with van der Waals surface area (Å²) in [5.74, 6) is 0.572. The van der Waals surface area contributed by atoms with Crippen molar-refractivity contribution < 1.29 is 9.53 Å². The smallest absolute Gasteiger partial charge is 0.227 e. The molecular formula is C11H18N4O2. The number of nitrogens with one attached hydrogen (secondary N) is 2. The molecule has 1 amide bonds. The van der Waals surface area contributed by atoms with Crippen LogP contribution in [-0.4, -0.2) is 41.5 Å². The van der Waals surface area contributed by atoms with E-state index in [4.69, 9.17) is 4.74 Å². The van der Waals surface area contributed by atoms with Gasteiger partial charge in [0.1, 0.15) is 0 Å². The summed E-state index contributed by atoms with van der Waals surface area (Å²) in [5.41, 5.74) is 0. The van der Waals surface area contributed by atoms with Crippen molar-refractivity contribution in [3.63, 3.8) is 0 Å². The maximum atomic E-state index is 11.7. The Morgan fingerprint density at radius 2 is 2.65 bits per heavy atom. The molecule has 0 radical (unpaired) electrons. The van der Waals surface area contributed by atoms with Crippen molar-refractivity contribution in [2.45, 2.75) is 25.9 Å². The fourth-order valence-electron chi connectivity index (χ4n) is 1.77. The minimum atomic E-state index is -0.0330. The molecule has 6 heteroatoms. The highest BCUT2D eigenvalue weighted by Crippen LogP contribution is 2.05. The minimum absolute atomic E-state index is 0.0330. The van der Waals surface area contributed by atoms with Gasteiger partial charge in [-0.15, -0.1) is 0 Å². The van der Waals surface area contributed by atoms with E-state index < -0.39 is 0 Å². The van der Waals surface area contributed by atoms with Gasteiger partial charge in [-0.1, -0.05) is 0 Å². The fraction of sp³-hybridized carbons (Fsp3) is 0.636. The molecular weight excluding hydrogens is 220 g/mol. The standard InChI is InChI=1S/C11H18N4O2/c1-2-15-5-3-10(14-15)13-11(16)7-9-8-17-6-4-12-9/h3,5,9,12H,2,4,6-8H2,1H3,(H,13,14,16). The van der Waals surface area contributed by atoms with E-state index in [0.29, 0.717) is 18.8 Å². The van der Waals surface area contributed by atoms with Gasteiger partial charge < -0.3 is 15.4 Å². The SMILES string of the molecule is CCn1ccc(NC(=O)CC2COCCN2)n1. The van der Waals surface area contributed by atoms with Crippen molar-refractivity contribution in [1.29, 1.82) is 0 Å². The van der Waals surface area contributed by atoms with Gasteiger partial charge in [0.25, 0.3) is 0 Å². The molecule has 0 bridgehead atoms. The van der Waals surface area contributed by atoms with Gasteiger partial charge in [0.15, 0.2) is 5.82 Å². The van der Waals surface area contributed by atoms with Crippen molar-refractivity contribution >= 4 is 11.7 Å². The zero-order valence-electron chi connectivity index (χ0n) is 9.98. The second kappa shape index (κ2) is 5.79. The van der Waals surface area contributed by atoms with Gasteiger partial charge in [0.05, 0.1) is 13.2 Å². The van der Waals surface area contributed by atoms with E-state index in [1.54, 1.807) is 10.7 Å². The Labute approximate surface area is 100 Å². The van der Waals surface area contributed by atoms with Gasteiger partial charge in [0, 0.05) is 37.8 Å². The summed E-state index contributed by atoms with van der Waals surface area (Å²) in [4.78, 5) is 11.7. The van der Waals surface area contributed by atoms with E-state index in [0.717, 1.165) is 19.7 Å². The number of anilines is 1. The van der Waals surface area contributed by atoms with Crippen molar-refractivity contribution in [1.82, 2.24) is 15.1 Å². The highest BCUT2D eigenvalue weighted by molar-refractivity contribution is 5.90. The lowest BCUT2D eigenvalue weighted by atomic mass is 10.2. The van der Waals surface area contributed by atoms with Crippen molar-refractivity contribution in [3.05, 3.63) is 12.3 Å². The topological polar surface area (TPSA) is 68.2 Å². The molecule has 2 rings (SSSR count). The zero-order chi connectivity index (χ0) is 12.1. The highest BCUT2D eigenvalue weighted by Gasteiger charge is 2.17. The highest BCUT2D eigenvalue weighted by atomic mass is 16.5. The molecule has 17 heavy (non-hydrogen) atoms. The number of ether oxygens (including phenoxy) is 1. The summed E-state index contributed by atoms with van der Waals surface area (Å²) in [5, 5.41) is 10.2. The minimum Gasteiger partial charge on any atom is -0.378 e. The number of carbonyl (C=O) groups is 1. The van der Waals surface area contributed by atoms with Crippen molar-refractivity contribution in [2.75, 3.05) is 25.1 Å². The lowest BCUT2D eigenvalue weighted by molar-refractivity contribution is -0.117. The molecule has 1 atom stereocenters. The predicted molar refractivity (Wildman–Crippen MR) is 63.8 cm³/mol. The molecule has 0 saturated carbocycles. The molecule has 94 valence electrons. The number of amides is 1. The van der Waals surface area contributed by atoms with Gasteiger partial charge in [0.2, 0.25) is 5.91 Å². The number of rotatable bonds is 4. The van der Waals surface area contributed by atoms with Crippen molar-refractivity contribution in [3.8, 4) is 0 Å². The van der Waals surface area contributed by atoms with Crippen molar-refractivity contribution in [2.24, 2.45) is 0 Å². The van der Waals surface area contributed by atoms with Crippen LogP contribution in [0.3, 0.4) is 0 Å². The van der Waals surface area contributed by atoms with E-state index in [1.165, 1.54) is 0 Å². The lowest BCUT2D eigenvalue weighted by Gasteiger charge is -2.22. The quantitative estimate of drug-likeness (QED) is 0.787.